The lowest BCUT2D eigenvalue weighted by molar-refractivity contribution is 0.126. The number of rotatable bonds is 2. The van der Waals surface area contributed by atoms with Gasteiger partial charge in [-0.05, 0) is 44.4 Å². The van der Waals surface area contributed by atoms with Crippen molar-refractivity contribution < 1.29 is 9.84 Å². The molecule has 0 radical (unpaired) electrons. The zero-order valence-corrected chi connectivity index (χ0v) is 7.75. The number of epoxide rings is 1. The van der Waals surface area contributed by atoms with Crippen molar-refractivity contribution in [1.29, 1.82) is 0 Å². The molecule has 2 rings (SSSR count). The number of ether oxygens (including phenoxy) is 1. The van der Waals surface area contributed by atoms with Gasteiger partial charge in [0.15, 0.2) is 0 Å². The van der Waals surface area contributed by atoms with Crippen molar-refractivity contribution in [2.45, 2.75) is 38.2 Å². The Labute approximate surface area is 73.9 Å². The first-order chi connectivity index (χ1) is 5.74. The van der Waals surface area contributed by atoms with Gasteiger partial charge in [-0.3, -0.25) is 0 Å². The Balaban J connectivity index is 1.82. The minimum atomic E-state index is 0.223. The first-order valence-electron chi connectivity index (χ1n) is 4.99. The van der Waals surface area contributed by atoms with E-state index < -0.39 is 0 Å². The second-order valence-corrected chi connectivity index (χ2v) is 4.50. The molecular formula is C10H18O2. The van der Waals surface area contributed by atoms with Crippen LogP contribution in [-0.2, 0) is 4.74 Å². The van der Waals surface area contributed by atoms with Gasteiger partial charge >= 0.3 is 0 Å². The third-order valence-corrected chi connectivity index (χ3v) is 3.57. The van der Waals surface area contributed by atoms with Gasteiger partial charge in [0, 0.05) is 6.61 Å². The third kappa shape index (κ3) is 1.50. The summed E-state index contributed by atoms with van der Waals surface area (Å²) in [5.74, 6) is 1.34. The maximum absolute atomic E-state index is 8.96. The van der Waals surface area contributed by atoms with Crippen LogP contribution < -0.4 is 0 Å². The molecule has 0 aromatic carbocycles. The molecule has 1 unspecified atom stereocenters. The van der Waals surface area contributed by atoms with Crippen molar-refractivity contribution in [3.05, 3.63) is 0 Å². The Kier molecular flexibility index (Phi) is 2.13. The molecule has 0 aromatic heterocycles. The zero-order chi connectivity index (χ0) is 8.60. The molecule has 1 aliphatic carbocycles. The Morgan fingerprint density at radius 2 is 1.92 bits per heavy atom. The lowest BCUT2D eigenvalue weighted by Crippen LogP contribution is -2.27. The van der Waals surface area contributed by atoms with Crippen molar-refractivity contribution in [2.24, 2.45) is 11.8 Å². The van der Waals surface area contributed by atoms with Crippen LogP contribution in [0.5, 0.6) is 0 Å². The van der Waals surface area contributed by atoms with Crippen LogP contribution in [-0.4, -0.2) is 23.9 Å². The van der Waals surface area contributed by atoms with E-state index >= 15 is 0 Å². The van der Waals surface area contributed by atoms with Crippen LogP contribution in [0.25, 0.3) is 0 Å². The molecule has 12 heavy (non-hydrogen) atoms. The summed E-state index contributed by atoms with van der Waals surface area (Å²) in [5, 5.41) is 8.96. The molecule has 0 spiro atoms. The van der Waals surface area contributed by atoms with Gasteiger partial charge in [0.05, 0.1) is 12.2 Å². The van der Waals surface area contributed by atoms with Crippen LogP contribution in [0, 0.1) is 11.8 Å². The van der Waals surface area contributed by atoms with E-state index in [9.17, 15) is 0 Å². The van der Waals surface area contributed by atoms with E-state index in [-0.39, 0.29) is 5.60 Å². The highest BCUT2D eigenvalue weighted by Gasteiger charge is 2.47. The van der Waals surface area contributed by atoms with Crippen LogP contribution in [0.2, 0.25) is 0 Å². The molecule has 2 nitrogen and oxygen atoms in total. The Hall–Kier alpha value is -0.0800. The third-order valence-electron chi connectivity index (χ3n) is 3.57. The fraction of sp³-hybridized carbons (Fsp3) is 1.00. The molecule has 1 aliphatic heterocycles. The number of aliphatic hydroxyl groups excluding tert-OH is 1. The molecule has 1 N–H and O–H groups in total. The molecule has 1 heterocycles. The van der Waals surface area contributed by atoms with E-state index in [1.165, 1.54) is 25.7 Å². The second kappa shape index (κ2) is 3.00. The van der Waals surface area contributed by atoms with Gasteiger partial charge < -0.3 is 9.84 Å². The Morgan fingerprint density at radius 3 is 2.33 bits per heavy atom. The van der Waals surface area contributed by atoms with Crippen LogP contribution in [0.1, 0.15) is 32.6 Å². The summed E-state index contributed by atoms with van der Waals surface area (Å²) in [6, 6.07) is 0. The highest BCUT2D eigenvalue weighted by molar-refractivity contribution is 4.95. The molecule has 1 saturated carbocycles. The summed E-state index contributed by atoms with van der Waals surface area (Å²) in [7, 11) is 0. The standard InChI is InChI=1S/C10H18O2/c1-10(7-12-10)9-4-2-8(6-11)3-5-9/h8-9,11H,2-7H2,1H3. The van der Waals surface area contributed by atoms with E-state index in [0.29, 0.717) is 12.5 Å². The van der Waals surface area contributed by atoms with Gasteiger partial charge in [-0.15, -0.1) is 0 Å². The number of hydrogen-bond donors (Lipinski definition) is 1. The summed E-state index contributed by atoms with van der Waals surface area (Å²) in [6.07, 6.45) is 4.89. The Morgan fingerprint density at radius 1 is 1.33 bits per heavy atom. The van der Waals surface area contributed by atoms with E-state index in [1.807, 2.05) is 0 Å². The fourth-order valence-electron chi connectivity index (χ4n) is 2.31. The quantitative estimate of drug-likeness (QED) is 0.638. The second-order valence-electron chi connectivity index (χ2n) is 4.50. The summed E-state index contributed by atoms with van der Waals surface area (Å²) in [5.41, 5.74) is 0.223. The van der Waals surface area contributed by atoms with Gasteiger partial charge in [-0.2, -0.15) is 0 Å². The van der Waals surface area contributed by atoms with E-state index in [4.69, 9.17) is 9.84 Å². The SMILES string of the molecule is CC1(C2CCC(CO)CC2)CO1. The maximum atomic E-state index is 8.96. The van der Waals surface area contributed by atoms with Gasteiger partial charge in [0.2, 0.25) is 0 Å². The predicted octanol–water partition coefficient (Wildman–Crippen LogP) is 1.57. The van der Waals surface area contributed by atoms with Crippen molar-refractivity contribution in [3.63, 3.8) is 0 Å². The lowest BCUT2D eigenvalue weighted by Gasteiger charge is -2.29. The van der Waals surface area contributed by atoms with Gasteiger partial charge in [0.1, 0.15) is 0 Å². The average molecular weight is 170 g/mol. The molecule has 1 saturated heterocycles. The number of aliphatic hydroxyl groups is 1. The van der Waals surface area contributed by atoms with Crippen LogP contribution in [0.3, 0.4) is 0 Å². The van der Waals surface area contributed by atoms with Crippen molar-refractivity contribution in [2.75, 3.05) is 13.2 Å². The highest BCUT2D eigenvalue weighted by Crippen LogP contribution is 2.43. The number of hydrogen-bond acceptors (Lipinski definition) is 2. The molecule has 1 atom stereocenters. The van der Waals surface area contributed by atoms with Crippen molar-refractivity contribution in [3.8, 4) is 0 Å². The monoisotopic (exact) mass is 170 g/mol. The van der Waals surface area contributed by atoms with Gasteiger partial charge in [0.25, 0.3) is 0 Å². The maximum Gasteiger partial charge on any atom is 0.0916 e. The van der Waals surface area contributed by atoms with E-state index in [0.717, 1.165) is 12.5 Å². The first-order valence-corrected chi connectivity index (χ1v) is 4.99. The zero-order valence-electron chi connectivity index (χ0n) is 7.75. The van der Waals surface area contributed by atoms with E-state index in [1.54, 1.807) is 0 Å². The van der Waals surface area contributed by atoms with Crippen molar-refractivity contribution in [1.82, 2.24) is 0 Å². The molecule has 70 valence electrons. The average Bonchev–Trinajstić information content (AvgIpc) is 2.85. The highest BCUT2D eigenvalue weighted by atomic mass is 16.6. The molecular weight excluding hydrogens is 152 g/mol. The minimum absolute atomic E-state index is 0.223. The summed E-state index contributed by atoms with van der Waals surface area (Å²) in [6.45, 7) is 3.56. The van der Waals surface area contributed by atoms with Crippen LogP contribution in [0.4, 0.5) is 0 Å². The molecule has 2 heteroatoms. The largest absolute Gasteiger partial charge is 0.396 e. The lowest BCUT2D eigenvalue weighted by atomic mass is 9.77. The molecule has 2 fully saturated rings. The smallest absolute Gasteiger partial charge is 0.0916 e. The Bertz CT molecular complexity index is 155. The first kappa shape index (κ1) is 8.52. The predicted molar refractivity (Wildman–Crippen MR) is 46.9 cm³/mol. The van der Waals surface area contributed by atoms with Gasteiger partial charge in [-0.25, -0.2) is 0 Å². The summed E-state index contributed by atoms with van der Waals surface area (Å²) in [4.78, 5) is 0. The molecule has 0 amide bonds. The molecule has 2 aliphatic rings. The summed E-state index contributed by atoms with van der Waals surface area (Å²) < 4.78 is 5.44. The van der Waals surface area contributed by atoms with E-state index in [2.05, 4.69) is 6.92 Å². The van der Waals surface area contributed by atoms with Crippen molar-refractivity contribution >= 4 is 0 Å². The normalized spacial score (nSPS) is 47.5. The topological polar surface area (TPSA) is 32.8 Å². The fourth-order valence-corrected chi connectivity index (χ4v) is 2.31. The van der Waals surface area contributed by atoms with Crippen LogP contribution in [0.15, 0.2) is 0 Å². The van der Waals surface area contributed by atoms with Crippen LogP contribution >= 0.6 is 0 Å². The summed E-state index contributed by atoms with van der Waals surface area (Å²) >= 11 is 0. The van der Waals surface area contributed by atoms with Gasteiger partial charge in [-0.1, -0.05) is 0 Å². The molecule has 0 bridgehead atoms. The molecule has 0 aromatic rings. The minimum Gasteiger partial charge on any atom is -0.396 e.